The number of fused-ring (bicyclic) bond motifs is 1. The maximum atomic E-state index is 12.8. The summed E-state index contributed by atoms with van der Waals surface area (Å²) in [5.41, 5.74) is 3.87. The minimum Gasteiger partial charge on any atom is -0.341 e. The topological polar surface area (TPSA) is 65.1 Å². The number of rotatable bonds is 4. The number of carbonyl (C=O) groups is 1. The molecule has 3 heterocycles. The number of nitrogens with one attached hydrogen (secondary N) is 1. The second kappa shape index (κ2) is 7.25. The van der Waals surface area contributed by atoms with Gasteiger partial charge in [-0.2, -0.15) is 0 Å². The smallest absolute Gasteiger partial charge is 0.254 e. The number of H-pyrrole nitrogens is 1. The van der Waals surface area contributed by atoms with Crippen LogP contribution in [0.2, 0.25) is 0 Å². The van der Waals surface area contributed by atoms with Crippen LogP contribution < -0.4 is 0 Å². The van der Waals surface area contributed by atoms with Crippen molar-refractivity contribution in [1.29, 1.82) is 0 Å². The van der Waals surface area contributed by atoms with E-state index in [0.29, 0.717) is 0 Å². The lowest BCUT2D eigenvalue weighted by atomic mass is 10.1. The molecule has 2 aromatic heterocycles. The molecule has 0 unspecified atom stereocenters. The van der Waals surface area contributed by atoms with Gasteiger partial charge in [0.05, 0.1) is 17.6 Å². The van der Waals surface area contributed by atoms with Crippen LogP contribution in [0, 0.1) is 0 Å². The lowest BCUT2D eigenvalue weighted by molar-refractivity contribution is 0.0624. The standard InChI is InChI=1S/C20H23N5O/c1-2-15-13-21-8-7-16(15)20(26)25-11-9-24(10-12-25)14-19-22-17-5-3-4-6-18(17)23-19/h3-8,13H,2,9-12,14H2,1H3,(H,22,23). The summed E-state index contributed by atoms with van der Waals surface area (Å²) in [6.45, 7) is 6.03. The molecule has 26 heavy (non-hydrogen) atoms. The van der Waals surface area contributed by atoms with Crippen LogP contribution >= 0.6 is 0 Å². The Morgan fingerprint density at radius 1 is 1.15 bits per heavy atom. The van der Waals surface area contributed by atoms with Crippen LogP contribution in [-0.4, -0.2) is 56.8 Å². The SMILES string of the molecule is CCc1cnccc1C(=O)N1CCN(Cc2nc3ccccc3[nH]2)CC1. The third-order valence-corrected chi connectivity index (χ3v) is 4.99. The quantitative estimate of drug-likeness (QED) is 0.786. The number of aromatic nitrogens is 3. The van der Waals surface area contributed by atoms with Gasteiger partial charge in [0.15, 0.2) is 0 Å². The number of carbonyl (C=O) groups excluding carboxylic acids is 1. The van der Waals surface area contributed by atoms with E-state index in [-0.39, 0.29) is 5.91 Å². The number of benzene rings is 1. The predicted octanol–water partition coefficient (Wildman–Crippen LogP) is 2.48. The highest BCUT2D eigenvalue weighted by Gasteiger charge is 2.24. The maximum Gasteiger partial charge on any atom is 0.254 e. The Kier molecular flexibility index (Phi) is 4.67. The molecule has 6 heteroatoms. The van der Waals surface area contributed by atoms with Crippen molar-refractivity contribution in [3.63, 3.8) is 0 Å². The van der Waals surface area contributed by atoms with E-state index >= 15 is 0 Å². The highest BCUT2D eigenvalue weighted by molar-refractivity contribution is 5.95. The lowest BCUT2D eigenvalue weighted by Crippen LogP contribution is -2.48. The third-order valence-electron chi connectivity index (χ3n) is 4.99. The van der Waals surface area contributed by atoms with Crippen molar-refractivity contribution < 1.29 is 4.79 Å². The van der Waals surface area contributed by atoms with Crippen LogP contribution in [0.4, 0.5) is 0 Å². The van der Waals surface area contributed by atoms with Crippen molar-refractivity contribution in [2.75, 3.05) is 26.2 Å². The minimum atomic E-state index is 0.118. The zero-order valence-electron chi connectivity index (χ0n) is 15.0. The monoisotopic (exact) mass is 349 g/mol. The van der Waals surface area contributed by atoms with Gasteiger partial charge in [0.1, 0.15) is 5.82 Å². The van der Waals surface area contributed by atoms with Crippen molar-refractivity contribution in [3.8, 4) is 0 Å². The van der Waals surface area contributed by atoms with Gasteiger partial charge in [0.25, 0.3) is 5.91 Å². The molecule has 1 saturated heterocycles. The highest BCUT2D eigenvalue weighted by atomic mass is 16.2. The van der Waals surface area contributed by atoms with Crippen LogP contribution in [0.25, 0.3) is 11.0 Å². The van der Waals surface area contributed by atoms with Crippen LogP contribution in [-0.2, 0) is 13.0 Å². The van der Waals surface area contributed by atoms with E-state index in [2.05, 4.69) is 26.8 Å². The molecule has 1 amide bonds. The number of aromatic amines is 1. The number of aryl methyl sites for hydroxylation is 1. The molecule has 1 aromatic carbocycles. The fourth-order valence-corrected chi connectivity index (χ4v) is 3.49. The number of piperazine rings is 1. The molecule has 6 nitrogen and oxygen atoms in total. The zero-order valence-corrected chi connectivity index (χ0v) is 15.0. The number of pyridine rings is 1. The van der Waals surface area contributed by atoms with E-state index in [9.17, 15) is 4.79 Å². The van der Waals surface area contributed by atoms with Gasteiger partial charge in [-0.3, -0.25) is 14.7 Å². The molecule has 0 saturated carbocycles. The Morgan fingerprint density at radius 2 is 1.96 bits per heavy atom. The van der Waals surface area contributed by atoms with Gasteiger partial charge in [0, 0.05) is 44.1 Å². The van der Waals surface area contributed by atoms with Crippen molar-refractivity contribution in [2.45, 2.75) is 19.9 Å². The normalized spacial score (nSPS) is 15.5. The van der Waals surface area contributed by atoms with Gasteiger partial charge < -0.3 is 9.88 Å². The van der Waals surface area contributed by atoms with Gasteiger partial charge in [0.2, 0.25) is 0 Å². The largest absolute Gasteiger partial charge is 0.341 e. The first-order chi connectivity index (χ1) is 12.7. The molecule has 0 aliphatic carbocycles. The van der Waals surface area contributed by atoms with Crippen molar-refractivity contribution in [2.24, 2.45) is 0 Å². The van der Waals surface area contributed by atoms with Crippen LogP contribution in [0.1, 0.15) is 28.7 Å². The van der Waals surface area contributed by atoms with E-state index in [0.717, 1.165) is 67.1 Å². The average molecular weight is 349 g/mol. The molecule has 134 valence electrons. The lowest BCUT2D eigenvalue weighted by Gasteiger charge is -2.34. The zero-order chi connectivity index (χ0) is 17.9. The molecule has 3 aromatic rings. The second-order valence-corrected chi connectivity index (χ2v) is 6.66. The van der Waals surface area contributed by atoms with Gasteiger partial charge >= 0.3 is 0 Å². The molecule has 1 N–H and O–H groups in total. The van der Waals surface area contributed by atoms with Gasteiger partial charge in [-0.05, 0) is 30.2 Å². The number of imidazole rings is 1. The van der Waals surface area contributed by atoms with Crippen LogP contribution in [0.3, 0.4) is 0 Å². The summed E-state index contributed by atoms with van der Waals surface area (Å²) < 4.78 is 0. The number of nitrogens with zero attached hydrogens (tertiary/aromatic N) is 4. The second-order valence-electron chi connectivity index (χ2n) is 6.66. The fourth-order valence-electron chi connectivity index (χ4n) is 3.49. The minimum absolute atomic E-state index is 0.118. The maximum absolute atomic E-state index is 12.8. The van der Waals surface area contributed by atoms with E-state index in [1.165, 1.54) is 0 Å². The third kappa shape index (κ3) is 3.32. The molecular weight excluding hydrogens is 326 g/mol. The first kappa shape index (κ1) is 16.7. The number of amides is 1. The molecule has 0 spiro atoms. The molecule has 1 fully saturated rings. The Balaban J connectivity index is 1.38. The van der Waals surface area contributed by atoms with Gasteiger partial charge in [-0.25, -0.2) is 4.98 Å². The number of hydrogen-bond acceptors (Lipinski definition) is 4. The molecule has 1 aliphatic rings. The fraction of sp³-hybridized carbons (Fsp3) is 0.350. The van der Waals surface area contributed by atoms with E-state index in [1.54, 1.807) is 12.4 Å². The molecule has 1 aliphatic heterocycles. The first-order valence-electron chi connectivity index (χ1n) is 9.12. The summed E-state index contributed by atoms with van der Waals surface area (Å²) in [5, 5.41) is 0. The van der Waals surface area contributed by atoms with Gasteiger partial charge in [-0.15, -0.1) is 0 Å². The summed E-state index contributed by atoms with van der Waals surface area (Å²) in [6, 6.07) is 9.91. The summed E-state index contributed by atoms with van der Waals surface area (Å²) in [5.74, 6) is 1.10. The first-order valence-corrected chi connectivity index (χ1v) is 9.12. The molecular formula is C20H23N5O. The summed E-state index contributed by atoms with van der Waals surface area (Å²) in [7, 11) is 0. The summed E-state index contributed by atoms with van der Waals surface area (Å²) in [4.78, 5) is 29.3. The Hall–Kier alpha value is -2.73. The molecule has 0 bridgehead atoms. The van der Waals surface area contributed by atoms with E-state index in [4.69, 9.17) is 0 Å². The Labute approximate surface area is 152 Å². The van der Waals surface area contributed by atoms with Crippen molar-refractivity contribution in [1.82, 2.24) is 24.8 Å². The molecule has 4 rings (SSSR count). The van der Waals surface area contributed by atoms with Crippen molar-refractivity contribution >= 4 is 16.9 Å². The number of hydrogen-bond donors (Lipinski definition) is 1. The predicted molar refractivity (Wildman–Crippen MR) is 101 cm³/mol. The average Bonchev–Trinajstić information content (AvgIpc) is 3.10. The van der Waals surface area contributed by atoms with Crippen molar-refractivity contribution in [3.05, 3.63) is 59.7 Å². The Morgan fingerprint density at radius 3 is 2.73 bits per heavy atom. The van der Waals surface area contributed by atoms with Crippen LogP contribution in [0.5, 0.6) is 0 Å². The molecule has 0 atom stereocenters. The molecule has 0 radical (unpaired) electrons. The van der Waals surface area contributed by atoms with Gasteiger partial charge in [-0.1, -0.05) is 19.1 Å². The Bertz CT molecular complexity index is 878. The summed E-state index contributed by atoms with van der Waals surface area (Å²) in [6.07, 6.45) is 4.32. The highest BCUT2D eigenvalue weighted by Crippen LogP contribution is 2.15. The van der Waals surface area contributed by atoms with E-state index < -0.39 is 0 Å². The number of para-hydroxylation sites is 2. The van der Waals surface area contributed by atoms with Crippen LogP contribution in [0.15, 0.2) is 42.7 Å². The summed E-state index contributed by atoms with van der Waals surface area (Å²) >= 11 is 0. The van der Waals surface area contributed by atoms with E-state index in [1.807, 2.05) is 35.2 Å².